The lowest BCUT2D eigenvalue weighted by Crippen LogP contribution is -2.11. The van der Waals surface area contributed by atoms with E-state index in [9.17, 15) is 8.42 Å². The van der Waals surface area contributed by atoms with Crippen LogP contribution in [0, 0.1) is 0 Å². The second-order valence-electron chi connectivity index (χ2n) is 5.75. The SMILES string of the molecule is C=CCn1c(CS(=O)(=O)c2ccccc2)nnc1SCc1ccccc1Cl. The van der Waals surface area contributed by atoms with E-state index < -0.39 is 9.84 Å². The number of nitrogens with zero attached hydrogens (tertiary/aromatic N) is 3. The van der Waals surface area contributed by atoms with E-state index in [4.69, 9.17) is 11.6 Å². The smallest absolute Gasteiger partial charge is 0.191 e. The van der Waals surface area contributed by atoms with E-state index in [2.05, 4.69) is 16.8 Å². The van der Waals surface area contributed by atoms with Crippen LogP contribution in [0.3, 0.4) is 0 Å². The molecule has 0 atom stereocenters. The molecular weight excluding hydrogens is 402 g/mol. The lowest BCUT2D eigenvalue weighted by atomic mass is 10.2. The van der Waals surface area contributed by atoms with Crippen molar-refractivity contribution in [2.45, 2.75) is 28.1 Å². The Morgan fingerprint density at radius 2 is 1.78 bits per heavy atom. The zero-order chi connectivity index (χ0) is 19.3. The number of hydrogen-bond donors (Lipinski definition) is 0. The highest BCUT2D eigenvalue weighted by Gasteiger charge is 2.21. The van der Waals surface area contributed by atoms with Crippen LogP contribution < -0.4 is 0 Å². The minimum atomic E-state index is -3.50. The zero-order valence-electron chi connectivity index (χ0n) is 14.5. The van der Waals surface area contributed by atoms with Crippen molar-refractivity contribution < 1.29 is 8.42 Å². The molecule has 2 aromatic carbocycles. The van der Waals surface area contributed by atoms with Crippen LogP contribution in [0.2, 0.25) is 5.02 Å². The maximum absolute atomic E-state index is 12.7. The van der Waals surface area contributed by atoms with E-state index >= 15 is 0 Å². The Kier molecular flexibility index (Phi) is 6.36. The number of sulfone groups is 1. The molecule has 8 heteroatoms. The second kappa shape index (κ2) is 8.73. The quantitative estimate of drug-likeness (QED) is 0.400. The summed E-state index contributed by atoms with van der Waals surface area (Å²) in [7, 11) is -3.50. The first-order chi connectivity index (χ1) is 13.0. The van der Waals surface area contributed by atoms with Gasteiger partial charge in [-0.1, -0.05) is 65.8 Å². The van der Waals surface area contributed by atoms with Crippen molar-refractivity contribution in [3.63, 3.8) is 0 Å². The molecule has 0 amide bonds. The molecule has 0 aliphatic carbocycles. The number of benzene rings is 2. The number of rotatable bonds is 8. The molecule has 3 rings (SSSR count). The van der Waals surface area contributed by atoms with Crippen molar-refractivity contribution >= 4 is 33.2 Å². The van der Waals surface area contributed by atoms with Gasteiger partial charge in [-0.3, -0.25) is 0 Å². The van der Waals surface area contributed by atoms with Crippen LogP contribution >= 0.6 is 23.4 Å². The Morgan fingerprint density at radius 3 is 2.48 bits per heavy atom. The molecule has 0 aliphatic heterocycles. The third-order valence-electron chi connectivity index (χ3n) is 3.84. The van der Waals surface area contributed by atoms with Crippen LogP contribution in [0.4, 0.5) is 0 Å². The number of halogens is 1. The van der Waals surface area contributed by atoms with E-state index in [1.54, 1.807) is 41.0 Å². The van der Waals surface area contributed by atoms with E-state index in [1.165, 1.54) is 11.8 Å². The van der Waals surface area contributed by atoms with Gasteiger partial charge in [-0.05, 0) is 23.8 Å². The van der Waals surface area contributed by atoms with E-state index in [-0.39, 0.29) is 10.6 Å². The van der Waals surface area contributed by atoms with E-state index in [0.717, 1.165) is 5.56 Å². The second-order valence-corrected chi connectivity index (χ2v) is 9.09. The maximum Gasteiger partial charge on any atom is 0.191 e. The summed E-state index contributed by atoms with van der Waals surface area (Å²) in [5, 5.41) is 9.61. The number of allylic oxidation sites excluding steroid dienone is 1. The summed E-state index contributed by atoms with van der Waals surface area (Å²) in [6.07, 6.45) is 1.70. The number of aromatic nitrogens is 3. The largest absolute Gasteiger partial charge is 0.301 e. The third kappa shape index (κ3) is 4.80. The van der Waals surface area contributed by atoms with Crippen LogP contribution in [0.15, 0.2) is 77.3 Å². The Morgan fingerprint density at radius 1 is 1.07 bits per heavy atom. The van der Waals surface area contributed by atoms with Gasteiger partial charge in [0.15, 0.2) is 15.0 Å². The number of thioether (sulfide) groups is 1. The highest BCUT2D eigenvalue weighted by molar-refractivity contribution is 7.98. The first-order valence-corrected chi connectivity index (χ1v) is 11.2. The molecule has 1 heterocycles. The standard InChI is InChI=1S/C19H18ClN3O2S2/c1-2-12-23-18(14-27(24,25)16-9-4-3-5-10-16)21-22-19(23)26-13-15-8-6-7-11-17(15)20/h2-11H,1,12-14H2. The predicted molar refractivity (Wildman–Crippen MR) is 109 cm³/mol. The first kappa shape index (κ1) is 19.7. The Balaban J connectivity index is 1.83. The maximum atomic E-state index is 12.7. The van der Waals surface area contributed by atoms with Crippen molar-refractivity contribution in [1.82, 2.24) is 14.8 Å². The van der Waals surface area contributed by atoms with Gasteiger partial charge in [0, 0.05) is 17.3 Å². The van der Waals surface area contributed by atoms with Gasteiger partial charge in [0.25, 0.3) is 0 Å². The van der Waals surface area contributed by atoms with Gasteiger partial charge in [-0.25, -0.2) is 8.42 Å². The van der Waals surface area contributed by atoms with E-state index in [0.29, 0.717) is 28.3 Å². The normalized spacial score (nSPS) is 11.4. The molecule has 0 bridgehead atoms. The van der Waals surface area contributed by atoms with Crippen LogP contribution in [0.1, 0.15) is 11.4 Å². The Hall–Kier alpha value is -2.09. The van der Waals surface area contributed by atoms with Gasteiger partial charge in [0.2, 0.25) is 0 Å². The molecule has 0 spiro atoms. The van der Waals surface area contributed by atoms with Gasteiger partial charge in [0.1, 0.15) is 11.6 Å². The molecule has 3 aromatic rings. The van der Waals surface area contributed by atoms with Crippen LogP contribution in [-0.2, 0) is 27.9 Å². The minimum Gasteiger partial charge on any atom is -0.301 e. The summed E-state index contributed by atoms with van der Waals surface area (Å²) >= 11 is 7.66. The molecule has 0 saturated carbocycles. The van der Waals surface area contributed by atoms with E-state index in [1.807, 2.05) is 24.3 Å². The Labute approximate surface area is 168 Å². The summed E-state index contributed by atoms with van der Waals surface area (Å²) in [6, 6.07) is 15.9. The van der Waals surface area contributed by atoms with Crippen molar-refractivity contribution in [2.24, 2.45) is 0 Å². The summed E-state index contributed by atoms with van der Waals surface area (Å²) in [5.74, 6) is 0.783. The van der Waals surface area contributed by atoms with Crippen molar-refractivity contribution in [1.29, 1.82) is 0 Å². The molecule has 0 saturated heterocycles. The minimum absolute atomic E-state index is 0.218. The van der Waals surface area contributed by atoms with Crippen molar-refractivity contribution in [2.75, 3.05) is 0 Å². The zero-order valence-corrected chi connectivity index (χ0v) is 16.8. The Bertz CT molecular complexity index is 1030. The molecule has 27 heavy (non-hydrogen) atoms. The van der Waals surface area contributed by atoms with Crippen LogP contribution in [-0.4, -0.2) is 23.2 Å². The average Bonchev–Trinajstić information content (AvgIpc) is 3.03. The van der Waals surface area contributed by atoms with Gasteiger partial charge in [-0.2, -0.15) is 0 Å². The molecule has 5 nitrogen and oxygen atoms in total. The summed E-state index contributed by atoms with van der Waals surface area (Å²) in [5.41, 5.74) is 0.982. The molecule has 0 aliphatic rings. The molecule has 140 valence electrons. The highest BCUT2D eigenvalue weighted by atomic mass is 35.5. The summed E-state index contributed by atoms with van der Waals surface area (Å²) < 4.78 is 27.1. The summed E-state index contributed by atoms with van der Waals surface area (Å²) in [4.78, 5) is 0.267. The fraction of sp³-hybridized carbons (Fsp3) is 0.158. The van der Waals surface area contributed by atoms with Gasteiger partial charge < -0.3 is 4.57 Å². The first-order valence-electron chi connectivity index (χ1n) is 8.18. The molecule has 0 radical (unpaired) electrons. The van der Waals surface area contributed by atoms with Crippen LogP contribution in [0.25, 0.3) is 0 Å². The fourth-order valence-electron chi connectivity index (χ4n) is 2.48. The third-order valence-corrected chi connectivity index (χ3v) is 6.85. The van der Waals surface area contributed by atoms with Gasteiger partial charge >= 0.3 is 0 Å². The molecule has 0 unspecified atom stereocenters. The molecule has 0 N–H and O–H groups in total. The predicted octanol–water partition coefficient (Wildman–Crippen LogP) is 4.38. The molecule has 1 aromatic heterocycles. The molecule has 0 fully saturated rings. The van der Waals surface area contributed by atoms with Gasteiger partial charge in [0.05, 0.1) is 4.90 Å². The fourth-order valence-corrected chi connectivity index (χ4v) is 5.03. The topological polar surface area (TPSA) is 64.8 Å². The van der Waals surface area contributed by atoms with Crippen LogP contribution in [0.5, 0.6) is 0 Å². The molecular formula is C19H18ClN3O2S2. The number of hydrogen-bond acceptors (Lipinski definition) is 5. The monoisotopic (exact) mass is 419 g/mol. The average molecular weight is 420 g/mol. The van der Waals surface area contributed by atoms with Crippen molar-refractivity contribution in [3.8, 4) is 0 Å². The van der Waals surface area contributed by atoms with Crippen molar-refractivity contribution in [3.05, 3.63) is 83.7 Å². The lowest BCUT2D eigenvalue weighted by Gasteiger charge is -2.09. The highest BCUT2D eigenvalue weighted by Crippen LogP contribution is 2.27. The summed E-state index contributed by atoms with van der Waals surface area (Å²) in [6.45, 7) is 4.18. The van der Waals surface area contributed by atoms with Gasteiger partial charge in [-0.15, -0.1) is 16.8 Å². The lowest BCUT2D eigenvalue weighted by molar-refractivity contribution is 0.590.